The summed E-state index contributed by atoms with van der Waals surface area (Å²) in [6.45, 7) is 9.56. The summed E-state index contributed by atoms with van der Waals surface area (Å²) in [5.74, 6) is 0. The van der Waals surface area contributed by atoms with Crippen LogP contribution in [0.4, 0.5) is 0 Å². The number of aromatic nitrogens is 3. The third-order valence-corrected chi connectivity index (χ3v) is 4.83. The number of likely N-dealkylation sites (tertiary alicyclic amines) is 1. The van der Waals surface area contributed by atoms with Crippen molar-refractivity contribution in [3.8, 4) is 0 Å². The van der Waals surface area contributed by atoms with Gasteiger partial charge < -0.3 is 0 Å². The topological polar surface area (TPSA) is 34.0 Å². The highest BCUT2D eigenvalue weighted by Gasteiger charge is 2.26. The van der Waals surface area contributed by atoms with Crippen molar-refractivity contribution >= 4 is 0 Å². The van der Waals surface area contributed by atoms with Crippen molar-refractivity contribution in [1.82, 2.24) is 19.7 Å². The average molecular weight is 298 g/mol. The maximum absolute atomic E-state index is 4.67. The molecule has 1 atom stereocenters. The Morgan fingerprint density at radius 1 is 1.23 bits per heavy atom. The molecule has 0 N–H and O–H groups in total. The third kappa shape index (κ3) is 2.93. The monoisotopic (exact) mass is 298 g/mol. The lowest BCUT2D eigenvalue weighted by Crippen LogP contribution is -2.33. The average Bonchev–Trinajstić information content (AvgIpc) is 2.84. The Balaban J connectivity index is 1.85. The van der Waals surface area contributed by atoms with E-state index in [1.807, 2.05) is 12.3 Å². The number of rotatable bonds is 4. The molecule has 3 heterocycles. The van der Waals surface area contributed by atoms with E-state index >= 15 is 0 Å². The van der Waals surface area contributed by atoms with Gasteiger partial charge in [-0.3, -0.25) is 14.6 Å². The lowest BCUT2D eigenvalue weighted by Gasteiger charge is -2.35. The minimum Gasteiger partial charge on any atom is -0.290 e. The van der Waals surface area contributed by atoms with Gasteiger partial charge in [0.2, 0.25) is 0 Å². The molecule has 1 aliphatic heterocycles. The fraction of sp³-hybridized carbons (Fsp3) is 0.556. The zero-order valence-corrected chi connectivity index (χ0v) is 13.9. The minimum absolute atomic E-state index is 0.443. The fourth-order valence-corrected chi connectivity index (χ4v) is 3.56. The first-order valence-electron chi connectivity index (χ1n) is 8.38. The van der Waals surface area contributed by atoms with Gasteiger partial charge in [0.25, 0.3) is 0 Å². The molecule has 0 radical (unpaired) electrons. The summed E-state index contributed by atoms with van der Waals surface area (Å²) in [5, 5.41) is 4.67. The van der Waals surface area contributed by atoms with Crippen LogP contribution in [0.5, 0.6) is 0 Å². The number of aryl methyl sites for hydroxylation is 2. The van der Waals surface area contributed by atoms with Crippen molar-refractivity contribution in [2.45, 2.75) is 59.2 Å². The van der Waals surface area contributed by atoms with E-state index in [0.29, 0.717) is 6.04 Å². The maximum Gasteiger partial charge on any atom is 0.0641 e. The van der Waals surface area contributed by atoms with Crippen molar-refractivity contribution in [3.63, 3.8) is 0 Å². The quantitative estimate of drug-likeness (QED) is 0.864. The second-order valence-electron chi connectivity index (χ2n) is 6.20. The first kappa shape index (κ1) is 15.2. The normalized spacial score (nSPS) is 19.5. The van der Waals surface area contributed by atoms with Gasteiger partial charge in [-0.05, 0) is 52.3 Å². The molecule has 1 fully saturated rings. The number of pyridine rings is 1. The highest BCUT2D eigenvalue weighted by Crippen LogP contribution is 2.31. The van der Waals surface area contributed by atoms with E-state index in [-0.39, 0.29) is 0 Å². The van der Waals surface area contributed by atoms with Crippen molar-refractivity contribution in [2.24, 2.45) is 0 Å². The molecule has 0 spiro atoms. The summed E-state index contributed by atoms with van der Waals surface area (Å²) in [7, 11) is 0. The van der Waals surface area contributed by atoms with Gasteiger partial charge in [0.1, 0.15) is 0 Å². The van der Waals surface area contributed by atoms with Crippen LogP contribution >= 0.6 is 0 Å². The molecule has 2 aromatic rings. The molecule has 0 unspecified atom stereocenters. The van der Waals surface area contributed by atoms with E-state index in [9.17, 15) is 0 Å². The van der Waals surface area contributed by atoms with Gasteiger partial charge in [-0.15, -0.1) is 0 Å². The smallest absolute Gasteiger partial charge is 0.0641 e. The molecule has 0 aliphatic carbocycles. The minimum atomic E-state index is 0.443. The van der Waals surface area contributed by atoms with Crippen LogP contribution in [0.3, 0.4) is 0 Å². The van der Waals surface area contributed by atoms with E-state index in [2.05, 4.69) is 52.6 Å². The maximum atomic E-state index is 4.67. The Kier molecular flexibility index (Phi) is 4.57. The largest absolute Gasteiger partial charge is 0.290 e. The molecule has 0 aromatic carbocycles. The molecular weight excluding hydrogens is 272 g/mol. The lowest BCUT2D eigenvalue weighted by atomic mass is 9.97. The van der Waals surface area contributed by atoms with Gasteiger partial charge >= 0.3 is 0 Å². The predicted molar refractivity (Wildman–Crippen MR) is 88.6 cm³/mol. The standard InChI is InChI=1S/C18H26N4/c1-4-22-15(3)16(14(2)20-22)13-21-12-8-6-10-18(21)17-9-5-7-11-19-17/h5,7,9,11,18H,4,6,8,10,12-13H2,1-3H3/t18-/m1/s1. The van der Waals surface area contributed by atoms with Crippen LogP contribution in [0, 0.1) is 13.8 Å². The first-order valence-corrected chi connectivity index (χ1v) is 8.38. The molecule has 118 valence electrons. The molecule has 22 heavy (non-hydrogen) atoms. The molecule has 3 rings (SSSR count). The zero-order valence-electron chi connectivity index (χ0n) is 13.9. The van der Waals surface area contributed by atoms with Crippen LogP contribution in [0.2, 0.25) is 0 Å². The molecule has 0 amide bonds. The van der Waals surface area contributed by atoms with Crippen molar-refractivity contribution in [2.75, 3.05) is 6.54 Å². The third-order valence-electron chi connectivity index (χ3n) is 4.83. The Hall–Kier alpha value is -1.68. The predicted octanol–water partition coefficient (Wildman–Crippen LogP) is 3.64. The van der Waals surface area contributed by atoms with Gasteiger partial charge in [0.15, 0.2) is 0 Å². The molecule has 1 saturated heterocycles. The van der Waals surface area contributed by atoms with Crippen molar-refractivity contribution < 1.29 is 0 Å². The van der Waals surface area contributed by atoms with Gasteiger partial charge in [0, 0.05) is 30.5 Å². The first-order chi connectivity index (χ1) is 10.7. The molecule has 4 heteroatoms. The zero-order chi connectivity index (χ0) is 15.5. The van der Waals surface area contributed by atoms with Crippen LogP contribution in [0.25, 0.3) is 0 Å². The second-order valence-corrected chi connectivity index (χ2v) is 6.20. The number of piperidine rings is 1. The SMILES string of the molecule is CCn1nc(C)c(CN2CCCC[C@@H]2c2ccccn2)c1C. The van der Waals surface area contributed by atoms with Gasteiger partial charge in [-0.1, -0.05) is 12.5 Å². The van der Waals surface area contributed by atoms with Crippen molar-refractivity contribution in [3.05, 3.63) is 47.0 Å². The highest BCUT2D eigenvalue weighted by atomic mass is 15.3. The lowest BCUT2D eigenvalue weighted by molar-refractivity contribution is 0.136. The molecule has 0 bridgehead atoms. The Morgan fingerprint density at radius 3 is 2.77 bits per heavy atom. The molecule has 1 aliphatic rings. The van der Waals surface area contributed by atoms with E-state index in [1.165, 1.54) is 41.9 Å². The Morgan fingerprint density at radius 2 is 2.09 bits per heavy atom. The highest BCUT2D eigenvalue weighted by molar-refractivity contribution is 5.25. The number of nitrogens with zero attached hydrogens (tertiary/aromatic N) is 4. The number of hydrogen-bond acceptors (Lipinski definition) is 3. The van der Waals surface area contributed by atoms with Gasteiger partial charge in [-0.25, -0.2) is 0 Å². The van der Waals surface area contributed by atoms with Crippen LogP contribution in [0.15, 0.2) is 24.4 Å². The summed E-state index contributed by atoms with van der Waals surface area (Å²) in [5.41, 5.74) is 5.08. The van der Waals surface area contributed by atoms with Crippen LogP contribution in [0.1, 0.15) is 54.9 Å². The van der Waals surface area contributed by atoms with Crippen LogP contribution in [-0.4, -0.2) is 26.2 Å². The van der Waals surface area contributed by atoms with E-state index < -0.39 is 0 Å². The summed E-state index contributed by atoms with van der Waals surface area (Å²) in [6.07, 6.45) is 5.69. The van der Waals surface area contributed by atoms with Gasteiger partial charge in [-0.2, -0.15) is 5.10 Å². The Labute approximate surface area is 133 Å². The summed E-state index contributed by atoms with van der Waals surface area (Å²) in [6, 6.07) is 6.70. The number of hydrogen-bond donors (Lipinski definition) is 0. The molecule has 4 nitrogen and oxygen atoms in total. The molecular formula is C18H26N4. The van der Waals surface area contributed by atoms with Crippen LogP contribution in [-0.2, 0) is 13.1 Å². The van der Waals surface area contributed by atoms with Crippen molar-refractivity contribution in [1.29, 1.82) is 0 Å². The fourth-order valence-electron chi connectivity index (χ4n) is 3.56. The Bertz CT molecular complexity index is 618. The van der Waals surface area contributed by atoms with E-state index in [0.717, 1.165) is 19.6 Å². The molecule has 2 aromatic heterocycles. The van der Waals surface area contributed by atoms with E-state index in [1.54, 1.807) is 0 Å². The second kappa shape index (κ2) is 6.61. The van der Waals surface area contributed by atoms with Gasteiger partial charge in [0.05, 0.1) is 17.4 Å². The summed E-state index contributed by atoms with van der Waals surface area (Å²) < 4.78 is 2.12. The van der Waals surface area contributed by atoms with Crippen LogP contribution < -0.4 is 0 Å². The van der Waals surface area contributed by atoms with E-state index in [4.69, 9.17) is 0 Å². The summed E-state index contributed by atoms with van der Waals surface area (Å²) >= 11 is 0. The summed E-state index contributed by atoms with van der Waals surface area (Å²) in [4.78, 5) is 7.18. The molecule has 0 saturated carbocycles.